The minimum atomic E-state index is -0.156. The van der Waals surface area contributed by atoms with Crippen LogP contribution < -0.4 is 20.1 Å². The number of piperazine rings is 1. The largest absolute Gasteiger partial charge is 0.493 e. The van der Waals surface area contributed by atoms with E-state index in [1.807, 2.05) is 24.3 Å². The van der Waals surface area contributed by atoms with Gasteiger partial charge < -0.3 is 25.0 Å². The van der Waals surface area contributed by atoms with Crippen molar-refractivity contribution in [3.8, 4) is 11.5 Å². The molecule has 1 saturated heterocycles. The molecule has 1 aliphatic heterocycles. The molecule has 0 atom stereocenters. The van der Waals surface area contributed by atoms with Crippen LogP contribution in [-0.2, 0) is 19.5 Å². The van der Waals surface area contributed by atoms with Gasteiger partial charge in [-0.2, -0.15) is 0 Å². The molecule has 174 valence electrons. The Morgan fingerprint density at radius 1 is 0.906 bits per heavy atom. The first-order valence-corrected chi connectivity index (χ1v) is 11.4. The van der Waals surface area contributed by atoms with Gasteiger partial charge in [-0.3, -0.25) is 4.90 Å². The standard InChI is InChI=1S/C25H36N4O3/c1-4-28-13-15-29(16-14-28)19-22-8-6-5-7-21(22)18-27-25(30)26-12-11-20-9-10-23(31-2)24(17-20)32-3/h5-10,17H,4,11-16,18-19H2,1-3H3,(H2,26,27,30). The number of nitrogens with one attached hydrogen (secondary N) is 2. The third-order valence-electron chi connectivity index (χ3n) is 6.01. The molecule has 0 bridgehead atoms. The van der Waals surface area contributed by atoms with Crippen LogP contribution in [0.15, 0.2) is 42.5 Å². The van der Waals surface area contributed by atoms with E-state index in [2.05, 4.69) is 45.6 Å². The fraction of sp³-hybridized carbons (Fsp3) is 0.480. The maximum Gasteiger partial charge on any atom is 0.315 e. The number of carbonyl (C=O) groups excluding carboxylic acids is 1. The number of ether oxygens (including phenoxy) is 2. The van der Waals surface area contributed by atoms with Gasteiger partial charge in [0.1, 0.15) is 0 Å². The zero-order valence-electron chi connectivity index (χ0n) is 19.5. The summed E-state index contributed by atoms with van der Waals surface area (Å²) < 4.78 is 10.6. The number of benzene rings is 2. The number of methoxy groups -OCH3 is 2. The second kappa shape index (κ2) is 12.3. The predicted molar refractivity (Wildman–Crippen MR) is 127 cm³/mol. The summed E-state index contributed by atoms with van der Waals surface area (Å²) in [5.74, 6) is 1.40. The zero-order valence-corrected chi connectivity index (χ0v) is 19.5. The molecule has 2 aromatic carbocycles. The summed E-state index contributed by atoms with van der Waals surface area (Å²) in [4.78, 5) is 17.3. The highest BCUT2D eigenvalue weighted by Gasteiger charge is 2.16. The molecule has 1 heterocycles. The van der Waals surface area contributed by atoms with Crippen molar-refractivity contribution < 1.29 is 14.3 Å². The van der Waals surface area contributed by atoms with Crippen LogP contribution in [0.2, 0.25) is 0 Å². The number of amides is 2. The Labute approximate surface area is 191 Å². The molecule has 1 aliphatic rings. The first-order valence-electron chi connectivity index (χ1n) is 11.4. The lowest BCUT2D eigenvalue weighted by Crippen LogP contribution is -2.45. The summed E-state index contributed by atoms with van der Waals surface area (Å²) in [5.41, 5.74) is 3.53. The Hall–Kier alpha value is -2.77. The molecule has 1 fully saturated rings. The molecule has 0 aliphatic carbocycles. The number of likely N-dealkylation sites (N-methyl/N-ethyl adjacent to an activating group) is 1. The maximum atomic E-state index is 12.3. The van der Waals surface area contributed by atoms with E-state index in [0.717, 1.165) is 44.8 Å². The fourth-order valence-electron chi connectivity index (χ4n) is 3.98. The number of urea groups is 1. The lowest BCUT2D eigenvalue weighted by atomic mass is 10.1. The van der Waals surface area contributed by atoms with Crippen LogP contribution in [0.4, 0.5) is 4.79 Å². The maximum absolute atomic E-state index is 12.3. The Morgan fingerprint density at radius 3 is 2.28 bits per heavy atom. The van der Waals surface area contributed by atoms with Gasteiger partial charge in [-0.1, -0.05) is 37.3 Å². The SMILES string of the molecule is CCN1CCN(Cc2ccccc2CNC(=O)NCCc2ccc(OC)c(OC)c2)CC1. The summed E-state index contributed by atoms with van der Waals surface area (Å²) in [5, 5.41) is 5.94. The van der Waals surface area contributed by atoms with Crippen molar-refractivity contribution in [1.29, 1.82) is 0 Å². The normalized spacial score (nSPS) is 14.7. The Balaban J connectivity index is 1.44. The van der Waals surface area contributed by atoms with E-state index < -0.39 is 0 Å². The third kappa shape index (κ3) is 6.87. The van der Waals surface area contributed by atoms with Crippen LogP contribution in [0.1, 0.15) is 23.6 Å². The number of nitrogens with zero attached hydrogens (tertiary/aromatic N) is 2. The molecule has 2 N–H and O–H groups in total. The molecule has 2 aromatic rings. The number of hydrogen-bond donors (Lipinski definition) is 2. The average molecular weight is 441 g/mol. The summed E-state index contributed by atoms with van der Waals surface area (Å²) in [6, 6.07) is 14.0. The first kappa shape index (κ1) is 23.9. The smallest absolute Gasteiger partial charge is 0.315 e. The summed E-state index contributed by atoms with van der Waals surface area (Å²) >= 11 is 0. The van der Waals surface area contributed by atoms with Crippen LogP contribution in [-0.4, -0.2) is 69.3 Å². The van der Waals surface area contributed by atoms with E-state index in [0.29, 0.717) is 31.0 Å². The molecule has 0 aromatic heterocycles. The highest BCUT2D eigenvalue weighted by atomic mass is 16.5. The molecule has 0 radical (unpaired) electrons. The Kier molecular flexibility index (Phi) is 9.19. The van der Waals surface area contributed by atoms with Gasteiger partial charge >= 0.3 is 6.03 Å². The van der Waals surface area contributed by atoms with Crippen LogP contribution in [0, 0.1) is 0 Å². The minimum absolute atomic E-state index is 0.156. The van der Waals surface area contributed by atoms with Gasteiger partial charge in [-0.05, 0) is 41.8 Å². The average Bonchev–Trinajstić information content (AvgIpc) is 2.83. The lowest BCUT2D eigenvalue weighted by molar-refractivity contribution is 0.131. The molecule has 2 amide bonds. The summed E-state index contributed by atoms with van der Waals surface area (Å²) in [7, 11) is 3.24. The van der Waals surface area contributed by atoms with E-state index in [4.69, 9.17) is 9.47 Å². The van der Waals surface area contributed by atoms with Gasteiger partial charge in [0.25, 0.3) is 0 Å². The molecule has 0 spiro atoms. The molecule has 0 saturated carbocycles. The molecular formula is C25H36N4O3. The van der Waals surface area contributed by atoms with Crippen LogP contribution >= 0.6 is 0 Å². The van der Waals surface area contributed by atoms with Crippen LogP contribution in [0.25, 0.3) is 0 Å². The van der Waals surface area contributed by atoms with Crippen molar-refractivity contribution in [2.45, 2.75) is 26.4 Å². The zero-order chi connectivity index (χ0) is 22.8. The molecule has 32 heavy (non-hydrogen) atoms. The quantitative estimate of drug-likeness (QED) is 0.595. The summed E-state index contributed by atoms with van der Waals surface area (Å²) in [6.07, 6.45) is 0.716. The van der Waals surface area contributed by atoms with Crippen molar-refractivity contribution in [3.63, 3.8) is 0 Å². The monoisotopic (exact) mass is 440 g/mol. The fourth-order valence-corrected chi connectivity index (χ4v) is 3.98. The summed E-state index contributed by atoms with van der Waals surface area (Å²) in [6.45, 7) is 9.76. The van der Waals surface area contributed by atoms with Crippen LogP contribution in [0.5, 0.6) is 11.5 Å². The second-order valence-corrected chi connectivity index (χ2v) is 8.03. The van der Waals surface area contributed by atoms with Gasteiger partial charge in [0, 0.05) is 45.8 Å². The minimum Gasteiger partial charge on any atom is -0.493 e. The highest BCUT2D eigenvalue weighted by molar-refractivity contribution is 5.73. The van der Waals surface area contributed by atoms with E-state index in [1.54, 1.807) is 14.2 Å². The molecule has 0 unspecified atom stereocenters. The highest BCUT2D eigenvalue weighted by Crippen LogP contribution is 2.27. The van der Waals surface area contributed by atoms with Gasteiger partial charge in [0.2, 0.25) is 0 Å². The van der Waals surface area contributed by atoms with Crippen LogP contribution in [0.3, 0.4) is 0 Å². The topological polar surface area (TPSA) is 66.1 Å². The first-order chi connectivity index (χ1) is 15.6. The molecule has 7 heteroatoms. The van der Waals surface area contributed by atoms with Gasteiger partial charge in [-0.15, -0.1) is 0 Å². The van der Waals surface area contributed by atoms with Crippen molar-refractivity contribution in [1.82, 2.24) is 20.4 Å². The predicted octanol–water partition coefficient (Wildman–Crippen LogP) is 2.88. The van der Waals surface area contributed by atoms with Crippen molar-refractivity contribution in [3.05, 3.63) is 59.2 Å². The third-order valence-corrected chi connectivity index (χ3v) is 6.01. The molecular weight excluding hydrogens is 404 g/mol. The molecule has 3 rings (SSSR count). The number of carbonyl (C=O) groups is 1. The van der Waals surface area contributed by atoms with Gasteiger partial charge in [0.05, 0.1) is 14.2 Å². The van der Waals surface area contributed by atoms with Crippen molar-refractivity contribution in [2.75, 3.05) is 53.5 Å². The lowest BCUT2D eigenvalue weighted by Gasteiger charge is -2.34. The van der Waals surface area contributed by atoms with Gasteiger partial charge in [-0.25, -0.2) is 4.79 Å². The van der Waals surface area contributed by atoms with Crippen molar-refractivity contribution >= 4 is 6.03 Å². The number of hydrogen-bond acceptors (Lipinski definition) is 5. The van der Waals surface area contributed by atoms with Crippen molar-refractivity contribution in [2.24, 2.45) is 0 Å². The van der Waals surface area contributed by atoms with E-state index in [-0.39, 0.29) is 6.03 Å². The second-order valence-electron chi connectivity index (χ2n) is 8.03. The van der Waals surface area contributed by atoms with E-state index in [9.17, 15) is 4.79 Å². The number of rotatable bonds is 10. The van der Waals surface area contributed by atoms with E-state index in [1.165, 1.54) is 11.1 Å². The molecule has 7 nitrogen and oxygen atoms in total. The Morgan fingerprint density at radius 2 is 1.59 bits per heavy atom. The van der Waals surface area contributed by atoms with Gasteiger partial charge in [0.15, 0.2) is 11.5 Å². The van der Waals surface area contributed by atoms with E-state index >= 15 is 0 Å². The Bertz CT molecular complexity index is 866.